The van der Waals surface area contributed by atoms with E-state index < -0.39 is 0 Å². The maximum Gasteiger partial charge on any atom is 0.221 e. The van der Waals surface area contributed by atoms with Crippen molar-refractivity contribution >= 4 is 21.8 Å². The lowest BCUT2D eigenvalue weighted by atomic mass is 10.2. The molecule has 1 aromatic carbocycles. The van der Waals surface area contributed by atoms with Crippen molar-refractivity contribution in [3.05, 3.63) is 28.2 Å². The molecule has 106 valence electrons. The molecule has 0 saturated heterocycles. The third-order valence-electron chi connectivity index (χ3n) is 2.67. The van der Waals surface area contributed by atoms with Crippen LogP contribution in [0.25, 0.3) is 0 Å². The van der Waals surface area contributed by atoms with Crippen molar-refractivity contribution in [3.63, 3.8) is 0 Å². The lowest BCUT2D eigenvalue weighted by molar-refractivity contribution is -0.120. The Hall–Kier alpha value is -1.07. The molecule has 5 heteroatoms. The Morgan fingerprint density at radius 2 is 2.16 bits per heavy atom. The second-order valence-electron chi connectivity index (χ2n) is 4.23. The monoisotopic (exact) mass is 328 g/mol. The molecule has 0 aliphatic heterocycles. The van der Waals surface area contributed by atoms with Gasteiger partial charge in [0.25, 0.3) is 0 Å². The molecule has 0 aliphatic carbocycles. The van der Waals surface area contributed by atoms with Gasteiger partial charge >= 0.3 is 0 Å². The zero-order chi connectivity index (χ0) is 14.1. The lowest BCUT2D eigenvalue weighted by Gasteiger charge is -2.09. The summed E-state index contributed by atoms with van der Waals surface area (Å²) in [5, 5.41) is 6.11. The van der Waals surface area contributed by atoms with Crippen LogP contribution in [-0.2, 0) is 11.3 Å². The van der Waals surface area contributed by atoms with Crippen molar-refractivity contribution in [1.29, 1.82) is 0 Å². The minimum absolute atomic E-state index is 0.0963. The summed E-state index contributed by atoms with van der Waals surface area (Å²) < 4.78 is 6.22. The van der Waals surface area contributed by atoms with Crippen molar-refractivity contribution in [1.82, 2.24) is 10.6 Å². The van der Waals surface area contributed by atoms with E-state index in [1.807, 2.05) is 25.1 Å². The third-order valence-corrected chi connectivity index (χ3v) is 3.44. The fourth-order valence-corrected chi connectivity index (χ4v) is 1.98. The van der Waals surface area contributed by atoms with Gasteiger partial charge in [-0.25, -0.2) is 0 Å². The number of carbonyl (C=O) groups excluding carboxylic acids is 1. The lowest BCUT2D eigenvalue weighted by Crippen LogP contribution is -2.28. The van der Waals surface area contributed by atoms with Gasteiger partial charge in [-0.15, -0.1) is 0 Å². The number of amides is 1. The number of rotatable bonds is 8. The van der Waals surface area contributed by atoms with Gasteiger partial charge in [-0.1, -0.05) is 22.9 Å². The molecule has 2 N–H and O–H groups in total. The highest BCUT2D eigenvalue weighted by Crippen LogP contribution is 2.22. The highest BCUT2D eigenvalue weighted by atomic mass is 79.9. The molecule has 0 aromatic heterocycles. The Labute approximate surface area is 123 Å². The van der Waals surface area contributed by atoms with Gasteiger partial charge in [0, 0.05) is 30.5 Å². The second kappa shape index (κ2) is 8.93. The van der Waals surface area contributed by atoms with Crippen LogP contribution in [-0.4, -0.2) is 26.1 Å². The summed E-state index contributed by atoms with van der Waals surface area (Å²) in [7, 11) is 1.65. The maximum absolute atomic E-state index is 11.4. The first kappa shape index (κ1) is 16.0. The van der Waals surface area contributed by atoms with Crippen molar-refractivity contribution in [3.8, 4) is 5.75 Å². The zero-order valence-electron chi connectivity index (χ0n) is 11.5. The molecule has 0 spiro atoms. The molecule has 19 heavy (non-hydrogen) atoms. The molecule has 0 unspecified atom stereocenters. The molecular formula is C14H21BrN2O2. The Kier molecular flexibility index (Phi) is 7.52. The Morgan fingerprint density at radius 1 is 1.37 bits per heavy atom. The van der Waals surface area contributed by atoms with Gasteiger partial charge in [0.1, 0.15) is 5.75 Å². The standard InChI is InChI=1S/C14H21BrN2O2/c1-3-7-17-14(18)6-8-16-10-11-9-12(19-2)4-5-13(11)15/h4-5,9,16H,3,6-8,10H2,1-2H3,(H,17,18). The molecule has 0 radical (unpaired) electrons. The molecular weight excluding hydrogens is 308 g/mol. The average Bonchev–Trinajstić information content (AvgIpc) is 2.43. The molecule has 0 bridgehead atoms. The van der Waals surface area contributed by atoms with Gasteiger partial charge in [-0.05, 0) is 30.2 Å². The topological polar surface area (TPSA) is 50.4 Å². The predicted molar refractivity (Wildman–Crippen MR) is 80.3 cm³/mol. The van der Waals surface area contributed by atoms with Crippen LogP contribution < -0.4 is 15.4 Å². The van der Waals surface area contributed by atoms with Crippen LogP contribution in [0, 0.1) is 0 Å². The van der Waals surface area contributed by atoms with E-state index in [-0.39, 0.29) is 5.91 Å². The minimum Gasteiger partial charge on any atom is -0.497 e. The molecule has 0 heterocycles. The Bertz CT molecular complexity index is 410. The molecule has 0 atom stereocenters. The highest BCUT2D eigenvalue weighted by molar-refractivity contribution is 9.10. The van der Waals surface area contributed by atoms with E-state index in [9.17, 15) is 4.79 Å². The van der Waals surface area contributed by atoms with E-state index in [2.05, 4.69) is 26.6 Å². The summed E-state index contributed by atoms with van der Waals surface area (Å²) in [6.45, 7) is 4.16. The van der Waals surface area contributed by atoms with E-state index in [1.54, 1.807) is 7.11 Å². The number of methoxy groups -OCH3 is 1. The van der Waals surface area contributed by atoms with Gasteiger partial charge in [0.2, 0.25) is 5.91 Å². The number of hydrogen-bond acceptors (Lipinski definition) is 3. The van der Waals surface area contributed by atoms with Gasteiger partial charge in [-0.3, -0.25) is 4.79 Å². The highest BCUT2D eigenvalue weighted by Gasteiger charge is 2.03. The smallest absolute Gasteiger partial charge is 0.221 e. The van der Waals surface area contributed by atoms with E-state index in [1.165, 1.54) is 0 Å². The number of halogens is 1. The van der Waals surface area contributed by atoms with Gasteiger partial charge in [-0.2, -0.15) is 0 Å². The summed E-state index contributed by atoms with van der Waals surface area (Å²) in [5.41, 5.74) is 1.12. The third kappa shape index (κ3) is 6.07. The van der Waals surface area contributed by atoms with Gasteiger partial charge in [0.05, 0.1) is 7.11 Å². The number of benzene rings is 1. The number of hydrogen-bond donors (Lipinski definition) is 2. The van der Waals surface area contributed by atoms with Gasteiger partial charge < -0.3 is 15.4 Å². The maximum atomic E-state index is 11.4. The second-order valence-corrected chi connectivity index (χ2v) is 5.09. The van der Waals surface area contributed by atoms with Crippen LogP contribution in [0.2, 0.25) is 0 Å². The minimum atomic E-state index is 0.0963. The molecule has 4 nitrogen and oxygen atoms in total. The van der Waals surface area contributed by atoms with Crippen molar-refractivity contribution < 1.29 is 9.53 Å². The van der Waals surface area contributed by atoms with Crippen molar-refractivity contribution in [2.24, 2.45) is 0 Å². The zero-order valence-corrected chi connectivity index (χ0v) is 13.0. The van der Waals surface area contributed by atoms with E-state index >= 15 is 0 Å². The van der Waals surface area contributed by atoms with Crippen LogP contribution in [0.4, 0.5) is 0 Å². The largest absolute Gasteiger partial charge is 0.497 e. The first-order valence-corrected chi connectivity index (χ1v) is 7.26. The van der Waals surface area contributed by atoms with E-state index in [4.69, 9.17) is 4.74 Å². The molecule has 1 amide bonds. The quantitative estimate of drug-likeness (QED) is 0.721. The van der Waals surface area contributed by atoms with E-state index in [0.29, 0.717) is 19.5 Å². The number of nitrogens with one attached hydrogen (secondary N) is 2. The van der Waals surface area contributed by atoms with Crippen LogP contribution in [0.3, 0.4) is 0 Å². The van der Waals surface area contributed by atoms with Crippen molar-refractivity contribution in [2.45, 2.75) is 26.3 Å². The summed E-state index contributed by atoms with van der Waals surface area (Å²) in [6, 6.07) is 5.85. The fraction of sp³-hybridized carbons (Fsp3) is 0.500. The molecule has 1 aromatic rings. The van der Waals surface area contributed by atoms with Crippen LogP contribution >= 0.6 is 15.9 Å². The molecule has 1 rings (SSSR count). The fourth-order valence-electron chi connectivity index (χ4n) is 1.59. The summed E-state index contributed by atoms with van der Waals surface area (Å²) in [5.74, 6) is 0.930. The SMILES string of the molecule is CCCNC(=O)CCNCc1cc(OC)ccc1Br. The number of ether oxygens (including phenoxy) is 1. The molecule has 0 aliphatic rings. The first-order valence-electron chi connectivity index (χ1n) is 6.47. The number of carbonyl (C=O) groups is 1. The molecule has 0 fully saturated rings. The average molecular weight is 329 g/mol. The summed E-state index contributed by atoms with van der Waals surface area (Å²) >= 11 is 3.50. The molecule has 0 saturated carbocycles. The predicted octanol–water partition coefficient (Wildman–Crippen LogP) is 2.46. The van der Waals surface area contributed by atoms with Crippen LogP contribution in [0.5, 0.6) is 5.75 Å². The van der Waals surface area contributed by atoms with Gasteiger partial charge in [0.15, 0.2) is 0 Å². The van der Waals surface area contributed by atoms with Crippen LogP contribution in [0.15, 0.2) is 22.7 Å². The Morgan fingerprint density at radius 3 is 2.84 bits per heavy atom. The first-order chi connectivity index (χ1) is 9.17. The van der Waals surface area contributed by atoms with Crippen LogP contribution in [0.1, 0.15) is 25.3 Å². The summed E-state index contributed by atoms with van der Waals surface area (Å²) in [4.78, 5) is 11.4. The normalized spacial score (nSPS) is 10.3. The Balaban J connectivity index is 2.31. The van der Waals surface area contributed by atoms with Crippen molar-refractivity contribution in [2.75, 3.05) is 20.2 Å². The summed E-state index contributed by atoms with van der Waals surface area (Å²) in [6.07, 6.45) is 1.47. The van der Waals surface area contributed by atoms with E-state index in [0.717, 1.165) is 28.8 Å².